The van der Waals surface area contributed by atoms with Gasteiger partial charge >= 0.3 is 0 Å². The van der Waals surface area contributed by atoms with Gasteiger partial charge in [-0.05, 0) is 17.7 Å². The largest absolute Gasteiger partial charge is 0.497 e. The van der Waals surface area contributed by atoms with Gasteiger partial charge in [0.25, 0.3) is 0 Å². The summed E-state index contributed by atoms with van der Waals surface area (Å²) in [5, 5.41) is 13.3. The van der Waals surface area contributed by atoms with Crippen molar-refractivity contribution in [1.29, 1.82) is 0 Å². The molecule has 0 bridgehead atoms. The molecule has 2 aromatic carbocycles. The molecule has 1 fully saturated rings. The van der Waals surface area contributed by atoms with E-state index in [4.69, 9.17) is 16.3 Å². The molecule has 9 heteroatoms. The number of benzene rings is 2. The number of anilines is 1. The lowest BCUT2D eigenvalue weighted by Gasteiger charge is -2.19. The number of nitrogens with zero attached hydrogens (tertiary/aromatic N) is 1. The molecule has 2 atom stereocenters. The van der Waals surface area contributed by atoms with Gasteiger partial charge in [0.15, 0.2) is 0 Å². The molecule has 3 N–H and O–H groups in total. The van der Waals surface area contributed by atoms with E-state index in [9.17, 15) is 13.6 Å². The number of nitrogens with one attached hydrogen (secondary N) is 3. The van der Waals surface area contributed by atoms with Gasteiger partial charge in [-0.1, -0.05) is 23.7 Å². The molecular weight excluding hydrogens is 402 g/mol. The van der Waals surface area contributed by atoms with Crippen LogP contribution < -0.4 is 15.4 Å². The fourth-order valence-electron chi connectivity index (χ4n) is 3.42. The predicted octanol–water partition coefficient (Wildman–Crippen LogP) is 3.71. The maximum atomic E-state index is 14.5. The summed E-state index contributed by atoms with van der Waals surface area (Å²) < 4.78 is 33.9. The molecule has 150 valence electrons. The van der Waals surface area contributed by atoms with Crippen molar-refractivity contribution < 1.29 is 18.3 Å². The minimum Gasteiger partial charge on any atom is -0.497 e. The summed E-state index contributed by atoms with van der Waals surface area (Å²) in [6.45, 7) is 0.102. The summed E-state index contributed by atoms with van der Waals surface area (Å²) in [5.41, 5.74) is 1.39. The number of carbonyl (C=O) groups excluding carboxylic acids is 1. The van der Waals surface area contributed by atoms with Crippen molar-refractivity contribution in [2.24, 2.45) is 0 Å². The van der Waals surface area contributed by atoms with Crippen molar-refractivity contribution in [2.45, 2.75) is 12.0 Å². The number of methoxy groups -OCH3 is 1. The highest BCUT2D eigenvalue weighted by atomic mass is 35.5. The van der Waals surface area contributed by atoms with Crippen molar-refractivity contribution in [3.05, 3.63) is 64.7 Å². The third kappa shape index (κ3) is 3.75. The van der Waals surface area contributed by atoms with Crippen LogP contribution in [0.15, 0.2) is 42.5 Å². The minimum atomic E-state index is -0.881. The van der Waals surface area contributed by atoms with Gasteiger partial charge in [-0.25, -0.2) is 8.78 Å². The van der Waals surface area contributed by atoms with Crippen LogP contribution in [0.2, 0.25) is 5.02 Å². The second-order valence-corrected chi connectivity index (χ2v) is 7.09. The Morgan fingerprint density at radius 3 is 2.52 bits per heavy atom. The normalized spacial score (nSPS) is 18.6. The van der Waals surface area contributed by atoms with Crippen LogP contribution in [0.25, 0.3) is 11.3 Å². The number of carbonyl (C=O) groups is 1. The molecule has 2 heterocycles. The number of hydrogen-bond acceptors (Lipinski definition) is 4. The molecule has 1 aliphatic rings. The Labute approximate surface area is 170 Å². The van der Waals surface area contributed by atoms with Crippen LogP contribution in [-0.2, 0) is 4.79 Å². The van der Waals surface area contributed by atoms with Crippen LogP contribution in [0.4, 0.5) is 14.6 Å². The SMILES string of the molecule is COc1cc(F)c([C@@H]2CNC(=O)[C@H]2Nc2cc(-c3ccc(Cl)cc3)[nH]n2)c(F)c1. The fraction of sp³-hybridized carbons (Fsp3) is 0.200. The third-order valence-corrected chi connectivity index (χ3v) is 5.13. The van der Waals surface area contributed by atoms with Gasteiger partial charge in [-0.3, -0.25) is 9.89 Å². The second-order valence-electron chi connectivity index (χ2n) is 6.65. The average molecular weight is 419 g/mol. The van der Waals surface area contributed by atoms with E-state index in [1.165, 1.54) is 7.11 Å². The lowest BCUT2D eigenvalue weighted by atomic mass is 9.92. The van der Waals surface area contributed by atoms with E-state index in [1.54, 1.807) is 18.2 Å². The fourth-order valence-corrected chi connectivity index (χ4v) is 3.55. The zero-order valence-electron chi connectivity index (χ0n) is 15.3. The first-order valence-electron chi connectivity index (χ1n) is 8.85. The number of aromatic amines is 1. The van der Waals surface area contributed by atoms with Crippen molar-refractivity contribution in [2.75, 3.05) is 19.0 Å². The highest BCUT2D eigenvalue weighted by Gasteiger charge is 2.39. The van der Waals surface area contributed by atoms with Gasteiger partial charge in [0.1, 0.15) is 29.2 Å². The monoisotopic (exact) mass is 418 g/mol. The predicted molar refractivity (Wildman–Crippen MR) is 105 cm³/mol. The molecule has 0 saturated carbocycles. The number of rotatable bonds is 5. The Morgan fingerprint density at radius 1 is 1.17 bits per heavy atom. The molecule has 1 saturated heterocycles. The van der Waals surface area contributed by atoms with Gasteiger partial charge in [-0.2, -0.15) is 5.10 Å². The molecule has 3 aromatic rings. The third-order valence-electron chi connectivity index (χ3n) is 4.88. The molecule has 1 amide bonds. The summed E-state index contributed by atoms with van der Waals surface area (Å²) in [4.78, 5) is 12.3. The van der Waals surface area contributed by atoms with Gasteiger partial charge in [0.05, 0.1) is 12.8 Å². The second kappa shape index (κ2) is 7.71. The summed E-state index contributed by atoms with van der Waals surface area (Å²) in [6.07, 6.45) is 0. The Kier molecular flexibility index (Phi) is 5.10. The molecule has 0 radical (unpaired) electrons. The quantitative estimate of drug-likeness (QED) is 0.590. The maximum absolute atomic E-state index is 14.5. The van der Waals surface area contributed by atoms with Crippen LogP contribution in [-0.4, -0.2) is 35.8 Å². The van der Waals surface area contributed by atoms with E-state index < -0.39 is 23.6 Å². The number of H-pyrrole nitrogens is 1. The summed E-state index contributed by atoms with van der Waals surface area (Å²) in [6, 6.07) is 10.2. The Bertz CT molecular complexity index is 1030. The first-order valence-corrected chi connectivity index (χ1v) is 9.22. The van der Waals surface area contributed by atoms with Crippen LogP contribution in [0.1, 0.15) is 11.5 Å². The first kappa shape index (κ1) is 19.2. The zero-order valence-corrected chi connectivity index (χ0v) is 16.1. The van der Waals surface area contributed by atoms with Crippen molar-refractivity contribution in [3.63, 3.8) is 0 Å². The van der Waals surface area contributed by atoms with E-state index in [0.29, 0.717) is 16.5 Å². The van der Waals surface area contributed by atoms with Gasteiger partial charge in [0.2, 0.25) is 5.91 Å². The van der Waals surface area contributed by atoms with Crippen LogP contribution in [0.3, 0.4) is 0 Å². The number of halogens is 3. The molecule has 0 spiro atoms. The number of hydrogen-bond donors (Lipinski definition) is 3. The van der Waals surface area contributed by atoms with E-state index in [0.717, 1.165) is 17.7 Å². The Balaban J connectivity index is 1.59. The van der Waals surface area contributed by atoms with Crippen LogP contribution in [0, 0.1) is 11.6 Å². The van der Waals surface area contributed by atoms with E-state index in [2.05, 4.69) is 20.8 Å². The lowest BCUT2D eigenvalue weighted by molar-refractivity contribution is -0.119. The van der Waals surface area contributed by atoms with Crippen LogP contribution in [0.5, 0.6) is 5.75 Å². The topological polar surface area (TPSA) is 79.0 Å². The molecule has 1 aromatic heterocycles. The van der Waals surface area contributed by atoms with Crippen molar-refractivity contribution in [1.82, 2.24) is 15.5 Å². The molecule has 6 nitrogen and oxygen atoms in total. The zero-order chi connectivity index (χ0) is 20.5. The van der Waals surface area contributed by atoms with Gasteiger partial charge in [0, 0.05) is 41.2 Å². The van der Waals surface area contributed by atoms with E-state index in [1.807, 2.05) is 12.1 Å². The van der Waals surface area contributed by atoms with Crippen molar-refractivity contribution >= 4 is 23.3 Å². The van der Waals surface area contributed by atoms with Gasteiger partial charge in [-0.15, -0.1) is 0 Å². The smallest absolute Gasteiger partial charge is 0.243 e. The van der Waals surface area contributed by atoms with E-state index in [-0.39, 0.29) is 23.8 Å². The summed E-state index contributed by atoms with van der Waals surface area (Å²) >= 11 is 5.90. The Hall–Kier alpha value is -3.13. The lowest BCUT2D eigenvalue weighted by Crippen LogP contribution is -2.33. The van der Waals surface area contributed by atoms with E-state index >= 15 is 0 Å². The first-order chi connectivity index (χ1) is 14.0. The minimum absolute atomic E-state index is 0.0745. The number of ether oxygens (including phenoxy) is 1. The summed E-state index contributed by atoms with van der Waals surface area (Å²) in [7, 11) is 1.33. The van der Waals surface area contributed by atoms with Gasteiger partial charge < -0.3 is 15.4 Å². The molecule has 29 heavy (non-hydrogen) atoms. The van der Waals surface area contributed by atoms with Crippen molar-refractivity contribution in [3.8, 4) is 17.0 Å². The molecular formula is C20H17ClF2N4O2. The number of amides is 1. The maximum Gasteiger partial charge on any atom is 0.243 e. The molecule has 4 rings (SSSR count). The summed E-state index contributed by atoms with van der Waals surface area (Å²) in [5.74, 6) is -2.18. The average Bonchev–Trinajstić information content (AvgIpc) is 3.30. The Morgan fingerprint density at radius 2 is 1.86 bits per heavy atom. The standard InChI is InChI=1S/C20H17ClF2N4O2/c1-29-12-6-14(22)18(15(23)7-12)13-9-24-20(28)19(13)25-17-8-16(26-27-17)10-2-4-11(21)5-3-10/h2-8,13,19H,9H2,1H3,(H,24,28)(H2,25,26,27)/t13-,19-/m0/s1. The van der Waals surface area contributed by atoms with Crippen LogP contribution >= 0.6 is 11.6 Å². The molecule has 0 aliphatic carbocycles. The highest BCUT2D eigenvalue weighted by Crippen LogP contribution is 2.33. The molecule has 1 aliphatic heterocycles. The highest BCUT2D eigenvalue weighted by molar-refractivity contribution is 6.30. The number of aromatic nitrogens is 2. The molecule has 0 unspecified atom stereocenters.